The highest BCUT2D eigenvalue weighted by Crippen LogP contribution is 2.31. The third kappa shape index (κ3) is 1.72. The number of aliphatic hydroxyl groups excluding tert-OH is 1. The van der Waals surface area contributed by atoms with Gasteiger partial charge in [0.05, 0.1) is 0 Å². The monoisotopic (exact) mass is 219 g/mol. The van der Waals surface area contributed by atoms with Crippen LogP contribution in [0.25, 0.3) is 0 Å². The van der Waals surface area contributed by atoms with Gasteiger partial charge in [0.2, 0.25) is 0 Å². The van der Waals surface area contributed by atoms with Gasteiger partial charge in [-0.1, -0.05) is 18.2 Å². The number of benzene rings is 1. The van der Waals surface area contributed by atoms with E-state index in [1.54, 1.807) is 24.3 Å². The van der Waals surface area contributed by atoms with E-state index in [0.717, 1.165) is 0 Å². The number of carbonyl (C=O) groups excluding carboxylic acids is 2. The molecule has 4 heteroatoms. The summed E-state index contributed by atoms with van der Waals surface area (Å²) in [5.74, 6) is -0.194. The molecule has 0 bridgehead atoms. The highest BCUT2D eigenvalue weighted by atomic mass is 16.3. The van der Waals surface area contributed by atoms with Gasteiger partial charge in [-0.3, -0.25) is 9.59 Å². The smallest absolute Gasteiger partial charge is 0.256 e. The van der Waals surface area contributed by atoms with Crippen molar-refractivity contribution < 1.29 is 14.7 Å². The van der Waals surface area contributed by atoms with Crippen LogP contribution in [0.3, 0.4) is 0 Å². The Kier molecular flexibility index (Phi) is 2.75. The predicted molar refractivity (Wildman–Crippen MR) is 57.7 cm³/mol. The van der Waals surface area contributed by atoms with Gasteiger partial charge in [-0.05, 0) is 13.0 Å². The van der Waals surface area contributed by atoms with Gasteiger partial charge in [-0.15, -0.1) is 0 Å². The maximum absolute atomic E-state index is 11.9. The van der Waals surface area contributed by atoms with Crippen molar-refractivity contribution >= 4 is 11.7 Å². The SMILES string of the molecule is CC(=O)CCN1C(=O)c2ccccc2C1O. The number of Topliss-reactive ketones (excluding diaryl/α,β-unsaturated/α-hetero) is 1. The van der Waals surface area contributed by atoms with Crippen LogP contribution >= 0.6 is 0 Å². The number of nitrogens with zero attached hydrogens (tertiary/aromatic N) is 1. The summed E-state index contributed by atoms with van der Waals surface area (Å²) in [5, 5.41) is 9.92. The summed E-state index contributed by atoms with van der Waals surface area (Å²) in [6.45, 7) is 1.74. The van der Waals surface area contributed by atoms with Gasteiger partial charge in [0.1, 0.15) is 5.78 Å². The molecular weight excluding hydrogens is 206 g/mol. The van der Waals surface area contributed by atoms with Gasteiger partial charge in [0.25, 0.3) is 5.91 Å². The summed E-state index contributed by atoms with van der Waals surface area (Å²) in [7, 11) is 0. The molecule has 1 amide bonds. The van der Waals surface area contributed by atoms with E-state index in [1.165, 1.54) is 11.8 Å². The van der Waals surface area contributed by atoms with E-state index in [4.69, 9.17) is 0 Å². The Balaban J connectivity index is 2.21. The number of rotatable bonds is 3. The standard InChI is InChI=1S/C12H13NO3/c1-8(14)6-7-13-11(15)9-4-2-3-5-10(9)12(13)16/h2-5,11,15H,6-7H2,1H3. The highest BCUT2D eigenvalue weighted by Gasteiger charge is 2.34. The summed E-state index contributed by atoms with van der Waals surface area (Å²) >= 11 is 0. The molecular formula is C12H13NO3. The third-order valence-corrected chi connectivity index (χ3v) is 2.73. The van der Waals surface area contributed by atoms with E-state index in [2.05, 4.69) is 0 Å². The fraction of sp³-hybridized carbons (Fsp3) is 0.333. The normalized spacial score (nSPS) is 18.8. The fourth-order valence-electron chi connectivity index (χ4n) is 1.85. The minimum Gasteiger partial charge on any atom is -0.369 e. The van der Waals surface area contributed by atoms with Gasteiger partial charge >= 0.3 is 0 Å². The number of aliphatic hydroxyl groups is 1. The van der Waals surface area contributed by atoms with Crippen LogP contribution < -0.4 is 0 Å². The van der Waals surface area contributed by atoms with Gasteiger partial charge < -0.3 is 10.0 Å². The molecule has 0 saturated heterocycles. The second kappa shape index (κ2) is 4.06. The lowest BCUT2D eigenvalue weighted by Gasteiger charge is -2.19. The Morgan fingerprint density at radius 3 is 2.75 bits per heavy atom. The Labute approximate surface area is 93.5 Å². The summed E-state index contributed by atoms with van der Waals surface area (Å²) in [5.41, 5.74) is 1.15. The molecule has 84 valence electrons. The molecule has 1 aromatic carbocycles. The van der Waals surface area contributed by atoms with E-state index in [0.29, 0.717) is 11.1 Å². The number of amides is 1. The lowest BCUT2D eigenvalue weighted by molar-refractivity contribution is -0.117. The molecule has 1 heterocycles. The van der Waals surface area contributed by atoms with Crippen LogP contribution in [0.15, 0.2) is 24.3 Å². The second-order valence-corrected chi connectivity index (χ2v) is 3.91. The first-order valence-corrected chi connectivity index (χ1v) is 5.18. The second-order valence-electron chi connectivity index (χ2n) is 3.91. The van der Waals surface area contributed by atoms with Crippen molar-refractivity contribution in [2.75, 3.05) is 6.54 Å². The average Bonchev–Trinajstić information content (AvgIpc) is 2.50. The minimum absolute atomic E-state index is 0.0101. The first-order chi connectivity index (χ1) is 7.61. The van der Waals surface area contributed by atoms with Crippen molar-refractivity contribution in [1.82, 2.24) is 4.90 Å². The summed E-state index contributed by atoms with van der Waals surface area (Å²) < 4.78 is 0. The number of carbonyl (C=O) groups is 2. The van der Waals surface area contributed by atoms with Crippen molar-refractivity contribution in [3.63, 3.8) is 0 Å². The van der Waals surface area contributed by atoms with Crippen LogP contribution in [0, 0.1) is 0 Å². The molecule has 1 atom stereocenters. The first kappa shape index (κ1) is 10.8. The molecule has 0 spiro atoms. The van der Waals surface area contributed by atoms with Crippen LogP contribution in [0.2, 0.25) is 0 Å². The van der Waals surface area contributed by atoms with Crippen LogP contribution in [0.4, 0.5) is 0 Å². The fourth-order valence-corrected chi connectivity index (χ4v) is 1.85. The van der Waals surface area contributed by atoms with Gasteiger partial charge in [0.15, 0.2) is 6.23 Å². The molecule has 1 aromatic rings. The topological polar surface area (TPSA) is 57.6 Å². The zero-order valence-electron chi connectivity index (χ0n) is 9.01. The molecule has 16 heavy (non-hydrogen) atoms. The lowest BCUT2D eigenvalue weighted by Crippen LogP contribution is -2.29. The summed E-state index contributed by atoms with van der Waals surface area (Å²) in [6, 6.07) is 6.96. The largest absolute Gasteiger partial charge is 0.369 e. The molecule has 0 aliphatic carbocycles. The van der Waals surface area contributed by atoms with E-state index < -0.39 is 6.23 Å². The molecule has 0 fully saturated rings. The van der Waals surface area contributed by atoms with E-state index in [9.17, 15) is 14.7 Å². The number of hydrogen-bond donors (Lipinski definition) is 1. The van der Waals surface area contributed by atoms with Crippen molar-refractivity contribution in [1.29, 1.82) is 0 Å². The van der Waals surface area contributed by atoms with Gasteiger partial charge in [-0.2, -0.15) is 0 Å². The number of fused-ring (bicyclic) bond motifs is 1. The van der Waals surface area contributed by atoms with Crippen molar-refractivity contribution in [3.8, 4) is 0 Å². The number of ketones is 1. The molecule has 1 aliphatic heterocycles. The maximum atomic E-state index is 11.9. The highest BCUT2D eigenvalue weighted by molar-refractivity contribution is 5.99. The van der Waals surface area contributed by atoms with Crippen molar-refractivity contribution in [2.45, 2.75) is 19.6 Å². The Morgan fingerprint density at radius 1 is 1.44 bits per heavy atom. The van der Waals surface area contributed by atoms with Gasteiger partial charge in [-0.25, -0.2) is 0 Å². The van der Waals surface area contributed by atoms with E-state index in [-0.39, 0.29) is 24.7 Å². The zero-order chi connectivity index (χ0) is 11.7. The lowest BCUT2D eigenvalue weighted by atomic mass is 10.1. The minimum atomic E-state index is -0.914. The van der Waals surface area contributed by atoms with Gasteiger partial charge in [0, 0.05) is 24.1 Å². The third-order valence-electron chi connectivity index (χ3n) is 2.73. The summed E-state index contributed by atoms with van der Waals surface area (Å²) in [6.07, 6.45) is -0.639. The first-order valence-electron chi connectivity index (χ1n) is 5.18. The van der Waals surface area contributed by atoms with E-state index >= 15 is 0 Å². The quantitative estimate of drug-likeness (QED) is 0.828. The van der Waals surface area contributed by atoms with Crippen molar-refractivity contribution in [2.24, 2.45) is 0 Å². The van der Waals surface area contributed by atoms with Crippen LogP contribution in [-0.4, -0.2) is 28.2 Å². The Hall–Kier alpha value is -1.68. The number of hydrogen-bond acceptors (Lipinski definition) is 3. The summed E-state index contributed by atoms with van der Waals surface area (Å²) in [4.78, 5) is 24.1. The molecule has 1 N–H and O–H groups in total. The zero-order valence-corrected chi connectivity index (χ0v) is 9.01. The molecule has 0 radical (unpaired) electrons. The van der Waals surface area contributed by atoms with E-state index in [1.807, 2.05) is 0 Å². The molecule has 1 unspecified atom stereocenters. The van der Waals surface area contributed by atoms with Crippen LogP contribution in [-0.2, 0) is 4.79 Å². The Bertz CT molecular complexity index is 442. The molecule has 1 aliphatic rings. The maximum Gasteiger partial charge on any atom is 0.256 e. The predicted octanol–water partition coefficient (Wildman–Crippen LogP) is 1.11. The van der Waals surface area contributed by atoms with Crippen LogP contribution in [0.5, 0.6) is 0 Å². The molecule has 2 rings (SSSR count). The van der Waals surface area contributed by atoms with Crippen molar-refractivity contribution in [3.05, 3.63) is 35.4 Å². The van der Waals surface area contributed by atoms with Crippen LogP contribution in [0.1, 0.15) is 35.5 Å². The molecule has 4 nitrogen and oxygen atoms in total. The average molecular weight is 219 g/mol. The Morgan fingerprint density at radius 2 is 2.12 bits per heavy atom. The molecule has 0 saturated carbocycles. The molecule has 0 aromatic heterocycles.